The number of allylic oxidation sites excluding steroid dienone is 4. The number of benzene rings is 7. The smallest absolute Gasteiger partial charge is 0.237 e. The highest BCUT2D eigenvalue weighted by molar-refractivity contribution is 7.80. The Morgan fingerprint density at radius 2 is 1.25 bits per heavy atom. The zero-order valence-corrected chi connectivity index (χ0v) is 29.3. The summed E-state index contributed by atoms with van der Waals surface area (Å²) < 4.78 is 2.10. The Labute approximate surface area is 310 Å². The Hall–Kier alpha value is -6.74. The summed E-state index contributed by atoms with van der Waals surface area (Å²) in [4.78, 5) is 16.5. The van der Waals surface area contributed by atoms with Gasteiger partial charge in [0.05, 0.1) is 16.7 Å². The van der Waals surface area contributed by atoms with Crippen molar-refractivity contribution in [3.05, 3.63) is 157 Å². The minimum Gasteiger partial charge on any atom is -0.260 e. The van der Waals surface area contributed by atoms with Gasteiger partial charge in [-0.15, -0.1) is 12.6 Å². The lowest BCUT2D eigenvalue weighted by molar-refractivity contribution is 0.990. The molecule has 7 aromatic carbocycles. The summed E-state index contributed by atoms with van der Waals surface area (Å²) >= 11 is 5.35. The van der Waals surface area contributed by atoms with Crippen molar-refractivity contribution in [2.24, 2.45) is 0 Å². The maximum absolute atomic E-state index is 5.47. The molecule has 0 aliphatic heterocycles. The molecular formula is C48H28N4S. The van der Waals surface area contributed by atoms with E-state index in [4.69, 9.17) is 27.6 Å². The largest absolute Gasteiger partial charge is 0.260 e. The topological polar surface area (TPSA) is 43.6 Å². The molecule has 0 saturated carbocycles. The van der Waals surface area contributed by atoms with Crippen molar-refractivity contribution in [2.75, 3.05) is 0 Å². The first-order valence-corrected chi connectivity index (χ1v) is 18.2. The molecule has 4 nitrogen and oxygen atoms in total. The average Bonchev–Trinajstić information content (AvgIpc) is 3.34. The quantitative estimate of drug-likeness (QED) is 0.114. The zero-order valence-electron chi connectivity index (χ0n) is 28.4. The lowest BCUT2D eigenvalue weighted by atomic mass is 9.92. The van der Waals surface area contributed by atoms with Crippen LogP contribution in [-0.4, -0.2) is 19.5 Å². The van der Waals surface area contributed by atoms with Crippen molar-refractivity contribution in [1.29, 1.82) is 0 Å². The Morgan fingerprint density at radius 3 is 2.02 bits per heavy atom. The fourth-order valence-corrected chi connectivity index (χ4v) is 8.76. The fourth-order valence-electron chi connectivity index (χ4n) is 8.31. The van der Waals surface area contributed by atoms with Gasteiger partial charge in [-0.1, -0.05) is 127 Å². The van der Waals surface area contributed by atoms with Gasteiger partial charge >= 0.3 is 0 Å². The number of para-hydroxylation sites is 1. The summed E-state index contributed by atoms with van der Waals surface area (Å²) in [5.74, 6) is 7.27. The van der Waals surface area contributed by atoms with Crippen LogP contribution in [0.5, 0.6) is 0 Å². The average molecular weight is 693 g/mol. The number of pyridine rings is 1. The molecule has 0 saturated heterocycles. The molecule has 0 atom stereocenters. The first kappa shape index (κ1) is 29.9. The summed E-state index contributed by atoms with van der Waals surface area (Å²) in [6, 6.07) is 45.0. The summed E-state index contributed by atoms with van der Waals surface area (Å²) in [6.07, 6.45) is 8.79. The number of nitrogens with zero attached hydrogens (tertiary/aromatic N) is 4. The third-order valence-corrected chi connectivity index (χ3v) is 11.0. The number of aromatic nitrogens is 4. The molecule has 0 spiro atoms. The maximum atomic E-state index is 5.47. The van der Waals surface area contributed by atoms with Gasteiger partial charge in [-0.3, -0.25) is 4.57 Å². The normalized spacial score (nSPS) is 13.0. The van der Waals surface area contributed by atoms with E-state index >= 15 is 0 Å². The summed E-state index contributed by atoms with van der Waals surface area (Å²) in [7, 11) is 0. The molecular weight excluding hydrogens is 665 g/mol. The molecule has 0 fully saturated rings. The van der Waals surface area contributed by atoms with E-state index < -0.39 is 0 Å². The Morgan fingerprint density at radius 1 is 0.604 bits per heavy atom. The minimum absolute atomic E-state index is 0.540. The third kappa shape index (κ3) is 4.43. The molecule has 3 heterocycles. The van der Waals surface area contributed by atoms with Crippen molar-refractivity contribution in [3.8, 4) is 29.0 Å². The Kier molecular flexibility index (Phi) is 6.58. The van der Waals surface area contributed by atoms with Crippen molar-refractivity contribution < 1.29 is 0 Å². The van der Waals surface area contributed by atoms with Crippen LogP contribution in [0.4, 0.5) is 0 Å². The number of hydrogen-bond donors (Lipinski definition) is 1. The molecule has 0 bridgehead atoms. The van der Waals surface area contributed by atoms with Gasteiger partial charge < -0.3 is 0 Å². The molecule has 1 aliphatic rings. The number of thiol groups is 1. The van der Waals surface area contributed by atoms with E-state index in [2.05, 4.69) is 150 Å². The van der Waals surface area contributed by atoms with Crippen molar-refractivity contribution in [3.63, 3.8) is 0 Å². The molecule has 1 aliphatic carbocycles. The highest BCUT2D eigenvalue weighted by atomic mass is 32.1. The van der Waals surface area contributed by atoms with E-state index in [9.17, 15) is 0 Å². The van der Waals surface area contributed by atoms with E-state index in [1.165, 1.54) is 32.3 Å². The van der Waals surface area contributed by atoms with Crippen LogP contribution in [0, 0.1) is 11.8 Å². The van der Waals surface area contributed by atoms with Gasteiger partial charge in [0.1, 0.15) is 5.65 Å². The van der Waals surface area contributed by atoms with Crippen LogP contribution in [0.1, 0.15) is 12.0 Å². The van der Waals surface area contributed by atoms with Crippen LogP contribution in [0.3, 0.4) is 0 Å². The summed E-state index contributed by atoms with van der Waals surface area (Å²) in [5.41, 5.74) is 6.35. The molecule has 11 rings (SSSR count). The van der Waals surface area contributed by atoms with Gasteiger partial charge in [0, 0.05) is 50.4 Å². The standard InChI is InChI=1S/C48H28N4S/c53-46-42(29-14-3-1-2-4-15-29)36-20-9-10-21-37(36)43-39-23-13-27-49-47(39)52(45(43)46)48-50-41-24-12-11-22-38(41)44(51-48)30-25-26-35-33-18-6-5-16-31(33)32-17-7-8-19-34(32)40(35)28-30/h1,3,5-14,16-28,53H,2H2. The molecule has 0 N–H and O–H groups in total. The molecule has 246 valence electrons. The highest BCUT2D eigenvalue weighted by Crippen LogP contribution is 2.44. The van der Waals surface area contributed by atoms with Gasteiger partial charge in [-0.25, -0.2) is 15.0 Å². The summed E-state index contributed by atoms with van der Waals surface area (Å²) in [6.45, 7) is 0. The number of hydrogen-bond acceptors (Lipinski definition) is 4. The van der Waals surface area contributed by atoms with Crippen LogP contribution >= 0.6 is 12.6 Å². The Bertz CT molecular complexity index is 3300. The van der Waals surface area contributed by atoms with Crippen LogP contribution in [0.25, 0.3) is 98.7 Å². The molecule has 53 heavy (non-hydrogen) atoms. The van der Waals surface area contributed by atoms with E-state index in [0.29, 0.717) is 12.4 Å². The molecule has 0 radical (unpaired) electrons. The second-order valence-corrected chi connectivity index (χ2v) is 13.9. The van der Waals surface area contributed by atoms with Gasteiger partial charge in [0.25, 0.3) is 0 Å². The lowest BCUT2D eigenvalue weighted by Crippen LogP contribution is -2.05. The van der Waals surface area contributed by atoms with E-state index in [1.54, 1.807) is 0 Å². The molecule has 0 amide bonds. The minimum atomic E-state index is 0.540. The number of fused-ring (bicyclic) bond motifs is 12. The predicted octanol–water partition coefficient (Wildman–Crippen LogP) is 12.0. The third-order valence-electron chi connectivity index (χ3n) is 10.6. The second kappa shape index (κ2) is 11.6. The Balaban J connectivity index is 1.25. The lowest BCUT2D eigenvalue weighted by Gasteiger charge is -2.16. The van der Waals surface area contributed by atoms with Gasteiger partial charge in [0.2, 0.25) is 5.95 Å². The first-order chi connectivity index (χ1) is 26.2. The first-order valence-electron chi connectivity index (χ1n) is 17.7. The van der Waals surface area contributed by atoms with Crippen LogP contribution in [0.2, 0.25) is 0 Å². The van der Waals surface area contributed by atoms with E-state index in [1.807, 2.05) is 18.3 Å². The van der Waals surface area contributed by atoms with Crippen LogP contribution in [-0.2, 0) is 0 Å². The van der Waals surface area contributed by atoms with E-state index in [-0.39, 0.29) is 0 Å². The number of rotatable bonds is 3. The van der Waals surface area contributed by atoms with E-state index in [0.717, 1.165) is 70.9 Å². The predicted molar refractivity (Wildman–Crippen MR) is 224 cm³/mol. The van der Waals surface area contributed by atoms with Crippen molar-refractivity contribution >= 4 is 94.1 Å². The molecule has 0 unspecified atom stereocenters. The van der Waals surface area contributed by atoms with Crippen molar-refractivity contribution in [1.82, 2.24) is 19.5 Å². The fraction of sp³-hybridized carbons (Fsp3) is 0.0208. The van der Waals surface area contributed by atoms with Gasteiger partial charge in [-0.05, 0) is 73.4 Å². The van der Waals surface area contributed by atoms with Crippen LogP contribution < -0.4 is 0 Å². The molecule has 5 heteroatoms. The summed E-state index contributed by atoms with van der Waals surface area (Å²) in [5, 5.41) is 12.6. The SMILES string of the molecule is Sc1c(C2=CC=CCC#C2)c2ccccc2c2c3cccnc3n(-c3nc(-c4ccc5c6ccccc6c6ccccc6c5c4)c4ccccc4n3)c12. The maximum Gasteiger partial charge on any atom is 0.237 e. The highest BCUT2D eigenvalue weighted by Gasteiger charge is 2.25. The van der Waals surface area contributed by atoms with Gasteiger partial charge in [0.15, 0.2) is 0 Å². The molecule has 10 aromatic rings. The molecule has 3 aromatic heterocycles. The van der Waals surface area contributed by atoms with Crippen molar-refractivity contribution in [2.45, 2.75) is 11.3 Å². The van der Waals surface area contributed by atoms with Gasteiger partial charge in [-0.2, -0.15) is 0 Å². The monoisotopic (exact) mass is 692 g/mol. The van der Waals surface area contributed by atoms with Crippen LogP contribution in [0.15, 0.2) is 157 Å². The second-order valence-electron chi connectivity index (χ2n) is 13.5. The zero-order chi connectivity index (χ0) is 35.0.